The second kappa shape index (κ2) is 7.90. The van der Waals surface area contributed by atoms with Crippen molar-refractivity contribution in [2.75, 3.05) is 20.2 Å². The standard InChI is InChI=1S/C19H20BrNO4S/c1-25-16-8-6-14(7-9-16)19(22)15-10-12-21(13-11-15)26(23,24)18-5-3-2-4-17(18)20/h2-9,15H,10-13H2,1H3. The quantitative estimate of drug-likeness (QED) is 0.668. The molecule has 0 saturated carbocycles. The number of methoxy groups -OCH3 is 1. The number of halogens is 1. The first-order valence-corrected chi connectivity index (χ1v) is 10.6. The Hall–Kier alpha value is -1.70. The molecule has 0 bridgehead atoms. The average Bonchev–Trinajstić information content (AvgIpc) is 2.68. The van der Waals surface area contributed by atoms with Gasteiger partial charge in [-0.1, -0.05) is 12.1 Å². The molecule has 1 aliphatic rings. The first-order valence-electron chi connectivity index (χ1n) is 8.36. The van der Waals surface area contributed by atoms with Crippen molar-refractivity contribution < 1.29 is 17.9 Å². The molecule has 0 amide bonds. The number of rotatable bonds is 5. The molecule has 0 unspecified atom stereocenters. The number of ketones is 1. The molecule has 0 atom stereocenters. The fourth-order valence-corrected chi connectivity index (χ4v) is 5.58. The van der Waals surface area contributed by atoms with E-state index in [0.29, 0.717) is 41.7 Å². The number of hydrogen-bond donors (Lipinski definition) is 0. The van der Waals surface area contributed by atoms with Crippen LogP contribution in [0.4, 0.5) is 0 Å². The van der Waals surface area contributed by atoms with Gasteiger partial charge >= 0.3 is 0 Å². The van der Waals surface area contributed by atoms with E-state index in [0.717, 1.165) is 0 Å². The molecular formula is C19H20BrNO4S. The van der Waals surface area contributed by atoms with E-state index in [9.17, 15) is 13.2 Å². The van der Waals surface area contributed by atoms with Gasteiger partial charge in [0, 0.05) is 29.0 Å². The molecule has 1 heterocycles. The lowest BCUT2D eigenvalue weighted by molar-refractivity contribution is 0.0875. The highest BCUT2D eigenvalue weighted by Crippen LogP contribution is 2.29. The Bertz CT molecular complexity index is 888. The predicted molar refractivity (Wildman–Crippen MR) is 103 cm³/mol. The number of carbonyl (C=O) groups is 1. The van der Waals surface area contributed by atoms with Gasteiger partial charge < -0.3 is 4.74 Å². The number of benzene rings is 2. The minimum Gasteiger partial charge on any atom is -0.497 e. The Balaban J connectivity index is 1.68. The summed E-state index contributed by atoms with van der Waals surface area (Å²) in [4.78, 5) is 12.9. The summed E-state index contributed by atoms with van der Waals surface area (Å²) in [6.45, 7) is 0.687. The maximum atomic E-state index is 12.8. The van der Waals surface area contributed by atoms with Crippen molar-refractivity contribution >= 4 is 31.7 Å². The smallest absolute Gasteiger partial charge is 0.244 e. The summed E-state index contributed by atoms with van der Waals surface area (Å²) in [7, 11) is -1.98. The van der Waals surface area contributed by atoms with Crippen molar-refractivity contribution in [3.8, 4) is 5.75 Å². The van der Waals surface area contributed by atoms with Gasteiger partial charge in [-0.05, 0) is 65.2 Å². The third-order valence-electron chi connectivity index (χ3n) is 4.65. The van der Waals surface area contributed by atoms with E-state index in [1.807, 2.05) is 0 Å². The fraction of sp³-hybridized carbons (Fsp3) is 0.316. The monoisotopic (exact) mass is 437 g/mol. The second-order valence-electron chi connectivity index (χ2n) is 6.20. The van der Waals surface area contributed by atoms with Crippen molar-refractivity contribution in [2.24, 2.45) is 5.92 Å². The van der Waals surface area contributed by atoms with Crippen molar-refractivity contribution in [1.82, 2.24) is 4.31 Å². The number of carbonyl (C=O) groups excluding carboxylic acids is 1. The van der Waals surface area contributed by atoms with E-state index in [-0.39, 0.29) is 16.6 Å². The van der Waals surface area contributed by atoms with Crippen molar-refractivity contribution in [1.29, 1.82) is 0 Å². The molecule has 1 aliphatic heterocycles. The Morgan fingerprint density at radius 3 is 2.27 bits per heavy atom. The van der Waals surface area contributed by atoms with Gasteiger partial charge in [0.15, 0.2) is 5.78 Å². The molecule has 1 saturated heterocycles. The minimum absolute atomic E-state index is 0.0607. The Morgan fingerprint density at radius 1 is 1.08 bits per heavy atom. The summed E-state index contributed by atoms with van der Waals surface area (Å²) < 4.78 is 32.8. The van der Waals surface area contributed by atoms with Crippen LogP contribution in [0.1, 0.15) is 23.2 Å². The summed E-state index contributed by atoms with van der Waals surface area (Å²) in [6.07, 6.45) is 1.04. The molecule has 26 heavy (non-hydrogen) atoms. The summed E-state index contributed by atoms with van der Waals surface area (Å²) in [5.74, 6) is 0.607. The fourth-order valence-electron chi connectivity index (χ4n) is 3.14. The van der Waals surface area contributed by atoms with Gasteiger partial charge in [-0.15, -0.1) is 0 Å². The van der Waals surface area contributed by atoms with Crippen LogP contribution in [-0.2, 0) is 10.0 Å². The molecular weight excluding hydrogens is 418 g/mol. The number of sulfonamides is 1. The van der Waals surface area contributed by atoms with E-state index in [4.69, 9.17) is 4.74 Å². The lowest BCUT2D eigenvalue weighted by Gasteiger charge is -2.30. The zero-order chi connectivity index (χ0) is 18.7. The molecule has 2 aromatic rings. The number of piperidine rings is 1. The summed E-state index contributed by atoms with van der Waals surface area (Å²) in [6, 6.07) is 13.8. The van der Waals surface area contributed by atoms with Gasteiger partial charge in [0.1, 0.15) is 5.75 Å². The third kappa shape index (κ3) is 3.84. The van der Waals surface area contributed by atoms with Crippen LogP contribution in [0.15, 0.2) is 57.9 Å². The molecule has 0 aliphatic carbocycles. The van der Waals surface area contributed by atoms with Crippen molar-refractivity contribution in [2.45, 2.75) is 17.7 Å². The second-order valence-corrected chi connectivity index (χ2v) is 8.96. The van der Waals surface area contributed by atoms with Crippen LogP contribution >= 0.6 is 15.9 Å². The highest BCUT2D eigenvalue weighted by atomic mass is 79.9. The summed E-state index contributed by atoms with van der Waals surface area (Å²) in [5, 5.41) is 0. The minimum atomic E-state index is -3.56. The maximum Gasteiger partial charge on any atom is 0.244 e. The number of ether oxygens (including phenoxy) is 1. The molecule has 138 valence electrons. The van der Waals surface area contributed by atoms with Gasteiger partial charge in [0.25, 0.3) is 0 Å². The van der Waals surface area contributed by atoms with Crippen molar-refractivity contribution in [3.63, 3.8) is 0 Å². The molecule has 0 aromatic heterocycles. The molecule has 0 N–H and O–H groups in total. The van der Waals surface area contributed by atoms with Crippen molar-refractivity contribution in [3.05, 3.63) is 58.6 Å². The van der Waals surface area contributed by atoms with Crippen LogP contribution < -0.4 is 4.74 Å². The Kier molecular flexibility index (Phi) is 5.79. The van der Waals surface area contributed by atoms with Crippen LogP contribution in [0.2, 0.25) is 0 Å². The summed E-state index contributed by atoms with van der Waals surface area (Å²) in [5.41, 5.74) is 0.637. The van der Waals surface area contributed by atoms with Crippen LogP contribution in [-0.4, -0.2) is 38.7 Å². The molecule has 7 heteroatoms. The van der Waals surface area contributed by atoms with E-state index in [2.05, 4.69) is 15.9 Å². The van der Waals surface area contributed by atoms with Crippen LogP contribution in [0.5, 0.6) is 5.75 Å². The van der Waals surface area contributed by atoms with E-state index < -0.39 is 10.0 Å². The SMILES string of the molecule is COc1ccc(C(=O)C2CCN(S(=O)(=O)c3ccccc3Br)CC2)cc1. The number of Topliss-reactive ketones (excluding diaryl/α,β-unsaturated/α-hetero) is 1. The maximum absolute atomic E-state index is 12.8. The zero-order valence-electron chi connectivity index (χ0n) is 14.4. The average molecular weight is 438 g/mol. The number of nitrogens with zero attached hydrogens (tertiary/aromatic N) is 1. The van der Waals surface area contributed by atoms with E-state index in [1.54, 1.807) is 55.6 Å². The van der Waals surface area contributed by atoms with Gasteiger partial charge in [-0.2, -0.15) is 4.31 Å². The summed E-state index contributed by atoms with van der Waals surface area (Å²) >= 11 is 3.31. The van der Waals surface area contributed by atoms with Crippen LogP contribution in [0.25, 0.3) is 0 Å². The third-order valence-corrected chi connectivity index (χ3v) is 7.56. The topological polar surface area (TPSA) is 63.7 Å². The van der Waals surface area contributed by atoms with Gasteiger partial charge in [-0.25, -0.2) is 8.42 Å². The molecule has 5 nitrogen and oxygen atoms in total. The lowest BCUT2D eigenvalue weighted by Crippen LogP contribution is -2.40. The molecule has 0 spiro atoms. The Labute approximate surface area is 162 Å². The largest absolute Gasteiger partial charge is 0.497 e. The van der Waals surface area contributed by atoms with E-state index >= 15 is 0 Å². The first kappa shape index (κ1) is 19.1. The molecule has 3 rings (SSSR count). The molecule has 0 radical (unpaired) electrons. The Morgan fingerprint density at radius 2 is 1.69 bits per heavy atom. The highest BCUT2D eigenvalue weighted by molar-refractivity contribution is 9.10. The van der Waals surface area contributed by atoms with Gasteiger partial charge in [0.2, 0.25) is 10.0 Å². The van der Waals surface area contributed by atoms with Gasteiger partial charge in [-0.3, -0.25) is 4.79 Å². The first-order chi connectivity index (χ1) is 12.4. The van der Waals surface area contributed by atoms with Gasteiger partial charge in [0.05, 0.1) is 12.0 Å². The molecule has 1 fully saturated rings. The van der Waals surface area contributed by atoms with Crippen LogP contribution in [0, 0.1) is 5.92 Å². The van der Waals surface area contributed by atoms with Crippen LogP contribution in [0.3, 0.4) is 0 Å². The highest BCUT2D eigenvalue weighted by Gasteiger charge is 2.33. The predicted octanol–water partition coefficient (Wildman–Crippen LogP) is 3.74. The number of hydrogen-bond acceptors (Lipinski definition) is 4. The lowest BCUT2D eigenvalue weighted by atomic mass is 9.89. The van der Waals surface area contributed by atoms with E-state index in [1.165, 1.54) is 4.31 Å². The normalized spacial score (nSPS) is 16.4. The molecule has 2 aromatic carbocycles. The zero-order valence-corrected chi connectivity index (χ0v) is 16.8.